The fourth-order valence-electron chi connectivity index (χ4n) is 1.39. The van der Waals surface area contributed by atoms with Crippen LogP contribution in [0.3, 0.4) is 0 Å². The topological polar surface area (TPSA) is 101 Å². The molecule has 6 nitrogen and oxygen atoms in total. The molecule has 0 aliphatic rings. The minimum absolute atomic E-state index is 0.0961. The van der Waals surface area contributed by atoms with E-state index in [-0.39, 0.29) is 23.2 Å². The van der Waals surface area contributed by atoms with E-state index in [0.29, 0.717) is 10.8 Å². The molecule has 21 heavy (non-hydrogen) atoms. The summed E-state index contributed by atoms with van der Waals surface area (Å²) >= 11 is 8.30. The Labute approximate surface area is 137 Å². The molecule has 0 saturated heterocycles. The van der Waals surface area contributed by atoms with Crippen LogP contribution in [0.1, 0.15) is 6.42 Å². The fraction of sp³-hybridized carbons (Fsp3) is 0.545. The summed E-state index contributed by atoms with van der Waals surface area (Å²) in [6.45, 7) is 0.281. The van der Waals surface area contributed by atoms with Gasteiger partial charge in [-0.25, -0.2) is 13.1 Å². The van der Waals surface area contributed by atoms with Crippen LogP contribution in [0.25, 0.3) is 0 Å². The first-order valence-electron chi connectivity index (χ1n) is 6.14. The van der Waals surface area contributed by atoms with E-state index >= 15 is 0 Å². The monoisotopic (exact) mass is 371 g/mol. The van der Waals surface area contributed by atoms with Gasteiger partial charge in [0.25, 0.3) is 0 Å². The Morgan fingerprint density at radius 1 is 1.48 bits per heavy atom. The maximum Gasteiger partial charge on any atom is 0.250 e. The summed E-state index contributed by atoms with van der Waals surface area (Å²) in [6, 6.07) is 2.39. The predicted octanol–water partition coefficient (Wildman–Crippen LogP) is 0.876. The number of nitrogens with two attached hydrogens (primary N) is 1. The molecule has 0 radical (unpaired) electrons. The van der Waals surface area contributed by atoms with Crippen LogP contribution in [0.15, 0.2) is 16.3 Å². The third-order valence-electron chi connectivity index (χ3n) is 2.50. The molecule has 0 bridgehead atoms. The zero-order chi connectivity index (χ0) is 15.9. The quantitative estimate of drug-likeness (QED) is 0.559. The summed E-state index contributed by atoms with van der Waals surface area (Å²) in [5.74, 6) is 0.530. The summed E-state index contributed by atoms with van der Waals surface area (Å²) in [6.07, 6.45) is 2.53. The van der Waals surface area contributed by atoms with Crippen molar-refractivity contribution in [3.8, 4) is 0 Å². The molecule has 1 rings (SSSR count). The Bertz CT molecular complexity index is 562. The second-order valence-electron chi connectivity index (χ2n) is 4.14. The van der Waals surface area contributed by atoms with Gasteiger partial charge in [0, 0.05) is 13.1 Å². The highest BCUT2D eigenvalue weighted by atomic mass is 35.5. The third-order valence-corrected chi connectivity index (χ3v) is 6.33. The largest absolute Gasteiger partial charge is 0.353 e. The minimum atomic E-state index is -3.57. The van der Waals surface area contributed by atoms with Gasteiger partial charge in [-0.2, -0.15) is 11.8 Å². The Balaban J connectivity index is 2.32. The van der Waals surface area contributed by atoms with Gasteiger partial charge in [-0.15, -0.1) is 11.3 Å². The smallest absolute Gasteiger partial charge is 0.250 e. The highest BCUT2D eigenvalue weighted by molar-refractivity contribution is 7.98. The van der Waals surface area contributed by atoms with Gasteiger partial charge in [-0.1, -0.05) is 11.6 Å². The number of thioether (sulfide) groups is 1. The van der Waals surface area contributed by atoms with Crippen LogP contribution in [0.5, 0.6) is 0 Å². The van der Waals surface area contributed by atoms with Crippen LogP contribution in [-0.4, -0.2) is 45.5 Å². The van der Waals surface area contributed by atoms with Crippen LogP contribution in [0, 0.1) is 0 Å². The van der Waals surface area contributed by atoms with Crippen molar-refractivity contribution in [1.82, 2.24) is 10.0 Å². The number of amides is 1. The van der Waals surface area contributed by atoms with Crippen LogP contribution in [0.2, 0.25) is 4.34 Å². The second kappa shape index (κ2) is 8.96. The first-order chi connectivity index (χ1) is 9.86. The van der Waals surface area contributed by atoms with E-state index in [9.17, 15) is 13.2 Å². The van der Waals surface area contributed by atoms with Gasteiger partial charge in [-0.05, 0) is 30.6 Å². The standard InChI is InChI=1S/C11H18ClN3O3S3/c1-19-7-4-8(13)11(16)14-5-6-15-21(17,18)10-3-2-9(12)20-10/h2-3,8,15H,4-7,13H2,1H3,(H,14,16). The number of carbonyl (C=O) groups excluding carboxylic acids is 1. The molecule has 1 aromatic rings. The lowest BCUT2D eigenvalue weighted by atomic mass is 10.2. The molecule has 0 saturated carbocycles. The highest BCUT2D eigenvalue weighted by Crippen LogP contribution is 2.25. The number of sulfonamides is 1. The van der Waals surface area contributed by atoms with Crippen molar-refractivity contribution in [3.05, 3.63) is 16.5 Å². The molecule has 0 aliphatic heterocycles. The molecule has 0 aliphatic carbocycles. The summed E-state index contributed by atoms with van der Waals surface area (Å²) < 4.78 is 26.7. The first-order valence-corrected chi connectivity index (χ1v) is 10.2. The van der Waals surface area contributed by atoms with E-state index in [1.165, 1.54) is 12.1 Å². The maximum absolute atomic E-state index is 11.9. The lowest BCUT2D eigenvalue weighted by Crippen LogP contribution is -2.43. The summed E-state index contributed by atoms with van der Waals surface area (Å²) in [5.41, 5.74) is 5.69. The fourth-order valence-corrected chi connectivity index (χ4v) is 4.44. The van der Waals surface area contributed by atoms with Crippen molar-refractivity contribution in [3.63, 3.8) is 0 Å². The second-order valence-corrected chi connectivity index (χ2v) is 8.83. The lowest BCUT2D eigenvalue weighted by Gasteiger charge is -2.11. The van der Waals surface area contributed by atoms with Crippen molar-refractivity contribution in [1.29, 1.82) is 0 Å². The lowest BCUT2D eigenvalue weighted by molar-refractivity contribution is -0.122. The Kier molecular flexibility index (Phi) is 7.99. The van der Waals surface area contributed by atoms with Gasteiger partial charge in [0.15, 0.2) is 0 Å². The number of halogens is 1. The van der Waals surface area contributed by atoms with Crippen LogP contribution >= 0.6 is 34.7 Å². The number of hydrogen-bond acceptors (Lipinski definition) is 6. The van der Waals surface area contributed by atoms with E-state index in [0.717, 1.165) is 17.1 Å². The number of rotatable bonds is 9. The van der Waals surface area contributed by atoms with Crippen LogP contribution in [0.4, 0.5) is 0 Å². The molecule has 0 aromatic carbocycles. The van der Waals surface area contributed by atoms with Gasteiger partial charge in [0.1, 0.15) is 4.21 Å². The maximum atomic E-state index is 11.9. The van der Waals surface area contributed by atoms with Gasteiger partial charge in [0.05, 0.1) is 10.4 Å². The average molecular weight is 372 g/mol. The number of carbonyl (C=O) groups is 1. The zero-order valence-corrected chi connectivity index (χ0v) is 14.7. The van der Waals surface area contributed by atoms with Gasteiger partial charge in [-0.3, -0.25) is 4.79 Å². The molecular formula is C11H18ClN3O3S3. The van der Waals surface area contributed by atoms with Crippen molar-refractivity contribution < 1.29 is 13.2 Å². The van der Waals surface area contributed by atoms with Gasteiger partial charge < -0.3 is 11.1 Å². The molecule has 120 valence electrons. The van der Waals surface area contributed by atoms with Crippen molar-refractivity contribution in [2.75, 3.05) is 25.1 Å². The Morgan fingerprint density at radius 3 is 2.76 bits per heavy atom. The number of nitrogens with one attached hydrogen (secondary N) is 2. The minimum Gasteiger partial charge on any atom is -0.353 e. The van der Waals surface area contributed by atoms with E-state index in [1.807, 2.05) is 6.26 Å². The molecule has 1 heterocycles. The van der Waals surface area contributed by atoms with Crippen molar-refractivity contribution in [2.24, 2.45) is 5.73 Å². The molecule has 1 amide bonds. The molecule has 4 N–H and O–H groups in total. The molecular weight excluding hydrogens is 354 g/mol. The first kappa shape index (κ1) is 18.7. The van der Waals surface area contributed by atoms with Crippen LogP contribution in [-0.2, 0) is 14.8 Å². The van der Waals surface area contributed by atoms with Crippen molar-refractivity contribution in [2.45, 2.75) is 16.7 Å². The highest BCUT2D eigenvalue weighted by Gasteiger charge is 2.16. The molecule has 1 unspecified atom stereocenters. The summed E-state index contributed by atoms with van der Waals surface area (Å²) in [7, 11) is -3.57. The van der Waals surface area contributed by atoms with Gasteiger partial charge in [0.2, 0.25) is 15.9 Å². The third kappa shape index (κ3) is 6.54. The van der Waals surface area contributed by atoms with E-state index in [4.69, 9.17) is 17.3 Å². The summed E-state index contributed by atoms with van der Waals surface area (Å²) in [5, 5.41) is 2.60. The molecule has 10 heteroatoms. The molecule has 1 aromatic heterocycles. The Hall–Kier alpha value is -0.320. The SMILES string of the molecule is CSCCC(N)C(=O)NCCNS(=O)(=O)c1ccc(Cl)s1. The molecule has 0 fully saturated rings. The van der Waals surface area contributed by atoms with Crippen LogP contribution < -0.4 is 15.8 Å². The number of thiophene rings is 1. The van der Waals surface area contributed by atoms with E-state index in [1.54, 1.807) is 11.8 Å². The Morgan fingerprint density at radius 2 is 2.19 bits per heavy atom. The predicted molar refractivity (Wildman–Crippen MR) is 88.5 cm³/mol. The normalized spacial score (nSPS) is 13.1. The van der Waals surface area contributed by atoms with E-state index < -0.39 is 16.1 Å². The molecule has 0 spiro atoms. The van der Waals surface area contributed by atoms with Gasteiger partial charge >= 0.3 is 0 Å². The van der Waals surface area contributed by atoms with E-state index in [2.05, 4.69) is 10.0 Å². The molecule has 1 atom stereocenters. The van der Waals surface area contributed by atoms with Crippen molar-refractivity contribution >= 4 is 50.6 Å². The average Bonchev–Trinajstić information content (AvgIpc) is 2.88. The summed E-state index contributed by atoms with van der Waals surface area (Å²) in [4.78, 5) is 11.6. The number of hydrogen-bond donors (Lipinski definition) is 3. The zero-order valence-electron chi connectivity index (χ0n) is 11.5.